The van der Waals surface area contributed by atoms with Crippen LogP contribution in [-0.2, 0) is 19.1 Å². The van der Waals surface area contributed by atoms with Crippen molar-refractivity contribution in [2.45, 2.75) is 25.1 Å². The second kappa shape index (κ2) is 5.74. The Bertz CT molecular complexity index is 365. The number of nitrogens with one attached hydrogen (secondary N) is 1. The van der Waals surface area contributed by atoms with Crippen molar-refractivity contribution in [1.82, 2.24) is 5.32 Å². The van der Waals surface area contributed by atoms with Crippen LogP contribution < -0.4 is 5.32 Å². The number of hydrogen-bond acceptors (Lipinski definition) is 4. The molecule has 1 unspecified atom stereocenters. The van der Waals surface area contributed by atoms with Gasteiger partial charge in [-0.3, -0.25) is 9.59 Å². The highest BCUT2D eigenvalue weighted by molar-refractivity contribution is 5.91. The quantitative estimate of drug-likeness (QED) is 0.752. The summed E-state index contributed by atoms with van der Waals surface area (Å²) in [7, 11) is 1.36. The summed E-state index contributed by atoms with van der Waals surface area (Å²) in [6.45, 7) is -1.60. The van der Waals surface area contributed by atoms with Gasteiger partial charge in [0.15, 0.2) is 6.61 Å². The highest BCUT2D eigenvalue weighted by Crippen LogP contribution is 2.17. The zero-order valence-corrected chi connectivity index (χ0v) is 9.54. The van der Waals surface area contributed by atoms with E-state index in [9.17, 15) is 22.8 Å². The minimum Gasteiger partial charge on any atom is -0.499 e. The Kier molecular flexibility index (Phi) is 4.57. The van der Waals surface area contributed by atoms with Gasteiger partial charge >= 0.3 is 12.1 Å². The molecule has 1 rings (SSSR count). The van der Waals surface area contributed by atoms with Crippen LogP contribution in [-0.4, -0.2) is 37.8 Å². The minimum atomic E-state index is -4.53. The van der Waals surface area contributed by atoms with E-state index in [0.717, 1.165) is 0 Å². The van der Waals surface area contributed by atoms with Crippen LogP contribution in [0.25, 0.3) is 0 Å². The highest BCUT2D eigenvalue weighted by Gasteiger charge is 2.30. The number of rotatable bonds is 5. The van der Waals surface area contributed by atoms with Gasteiger partial charge in [0.05, 0.1) is 13.2 Å². The van der Waals surface area contributed by atoms with Crippen molar-refractivity contribution < 1.29 is 32.2 Å². The molecule has 18 heavy (non-hydrogen) atoms. The van der Waals surface area contributed by atoms with Gasteiger partial charge in [0.1, 0.15) is 5.76 Å². The van der Waals surface area contributed by atoms with Crippen LogP contribution in [0.3, 0.4) is 0 Å². The molecule has 0 aromatic rings. The molecule has 0 saturated heterocycles. The first kappa shape index (κ1) is 14.3. The topological polar surface area (TPSA) is 64.6 Å². The Labute approximate surface area is 101 Å². The van der Waals surface area contributed by atoms with E-state index in [2.05, 4.69) is 10.1 Å². The Morgan fingerprint density at radius 3 is 2.72 bits per heavy atom. The molecule has 0 aromatic heterocycles. The van der Waals surface area contributed by atoms with Crippen molar-refractivity contribution in [2.24, 2.45) is 0 Å². The van der Waals surface area contributed by atoms with Gasteiger partial charge in [-0.25, -0.2) is 0 Å². The van der Waals surface area contributed by atoms with Crippen molar-refractivity contribution >= 4 is 11.9 Å². The number of methoxy groups -OCH3 is 1. The van der Waals surface area contributed by atoms with E-state index in [-0.39, 0.29) is 18.7 Å². The molecule has 0 radical (unpaired) electrons. The molecule has 1 heterocycles. The van der Waals surface area contributed by atoms with Gasteiger partial charge in [0, 0.05) is 12.5 Å². The van der Waals surface area contributed by atoms with E-state index in [1.54, 1.807) is 0 Å². The van der Waals surface area contributed by atoms with Gasteiger partial charge in [0.2, 0.25) is 5.91 Å². The van der Waals surface area contributed by atoms with Gasteiger partial charge in [-0.1, -0.05) is 0 Å². The van der Waals surface area contributed by atoms with Crippen LogP contribution in [0.5, 0.6) is 0 Å². The van der Waals surface area contributed by atoms with Crippen LogP contribution in [0.15, 0.2) is 11.8 Å². The van der Waals surface area contributed by atoms with Crippen LogP contribution in [0.4, 0.5) is 13.2 Å². The highest BCUT2D eigenvalue weighted by atomic mass is 19.4. The first-order valence-corrected chi connectivity index (χ1v) is 5.10. The summed E-state index contributed by atoms with van der Waals surface area (Å²) < 4.78 is 44.2. The second-order valence-corrected chi connectivity index (χ2v) is 3.63. The molecule has 0 fully saturated rings. The average Bonchev–Trinajstić information content (AvgIpc) is 2.63. The lowest BCUT2D eigenvalue weighted by Crippen LogP contribution is -2.30. The zero-order chi connectivity index (χ0) is 13.8. The number of carbonyl (C=O) groups is 2. The number of halogens is 3. The third kappa shape index (κ3) is 4.64. The minimum absolute atomic E-state index is 0.127. The maximum atomic E-state index is 11.8. The van der Waals surface area contributed by atoms with E-state index in [4.69, 9.17) is 4.74 Å². The predicted molar refractivity (Wildman–Crippen MR) is 53.3 cm³/mol. The normalized spacial score (nSPS) is 19.2. The fourth-order valence-corrected chi connectivity index (χ4v) is 1.43. The van der Waals surface area contributed by atoms with Crippen LogP contribution in [0, 0.1) is 0 Å². The lowest BCUT2D eigenvalue weighted by atomic mass is 10.1. The third-order valence-corrected chi connectivity index (χ3v) is 2.20. The Balaban J connectivity index is 2.31. The van der Waals surface area contributed by atoms with E-state index in [1.807, 2.05) is 0 Å². The molecule has 0 saturated carbocycles. The van der Waals surface area contributed by atoms with E-state index in [1.165, 1.54) is 13.2 Å². The van der Waals surface area contributed by atoms with E-state index < -0.39 is 24.8 Å². The molecule has 8 heteroatoms. The number of amides is 1. The average molecular weight is 267 g/mol. The number of ether oxygens (including phenoxy) is 2. The number of esters is 1. The summed E-state index contributed by atoms with van der Waals surface area (Å²) in [5.74, 6) is -0.979. The first-order valence-electron chi connectivity index (χ1n) is 5.10. The largest absolute Gasteiger partial charge is 0.499 e. The summed E-state index contributed by atoms with van der Waals surface area (Å²) in [4.78, 5) is 22.0. The van der Waals surface area contributed by atoms with Gasteiger partial charge < -0.3 is 14.8 Å². The lowest BCUT2D eigenvalue weighted by Gasteiger charge is -2.14. The van der Waals surface area contributed by atoms with Crippen molar-refractivity contribution in [3.8, 4) is 0 Å². The van der Waals surface area contributed by atoms with Crippen LogP contribution in [0.2, 0.25) is 0 Å². The molecular formula is C10H12F3NO4. The Morgan fingerprint density at radius 1 is 1.50 bits per heavy atom. The molecule has 1 amide bonds. The van der Waals surface area contributed by atoms with E-state index >= 15 is 0 Å². The van der Waals surface area contributed by atoms with Gasteiger partial charge in [-0.15, -0.1) is 0 Å². The molecule has 0 aromatic carbocycles. The Morgan fingerprint density at radius 2 is 2.17 bits per heavy atom. The monoisotopic (exact) mass is 267 g/mol. The molecule has 1 aliphatic rings. The van der Waals surface area contributed by atoms with Gasteiger partial charge in [-0.05, 0) is 6.42 Å². The van der Waals surface area contributed by atoms with Crippen LogP contribution >= 0.6 is 0 Å². The van der Waals surface area contributed by atoms with Gasteiger partial charge in [-0.2, -0.15) is 13.2 Å². The molecule has 1 aliphatic heterocycles. The number of alkyl halides is 3. The summed E-state index contributed by atoms with van der Waals surface area (Å²) in [5.41, 5.74) is 0. The summed E-state index contributed by atoms with van der Waals surface area (Å²) in [5, 5.41) is 2.50. The van der Waals surface area contributed by atoms with Crippen molar-refractivity contribution in [2.75, 3.05) is 13.7 Å². The summed E-state index contributed by atoms with van der Waals surface area (Å²) in [6.07, 6.45) is -3.41. The van der Waals surface area contributed by atoms with Crippen LogP contribution in [0.1, 0.15) is 12.8 Å². The molecular weight excluding hydrogens is 255 g/mol. The smallest absolute Gasteiger partial charge is 0.422 e. The van der Waals surface area contributed by atoms with E-state index in [0.29, 0.717) is 5.76 Å². The first-order chi connectivity index (χ1) is 8.31. The second-order valence-electron chi connectivity index (χ2n) is 3.63. The summed E-state index contributed by atoms with van der Waals surface area (Å²) >= 11 is 0. The standard InChI is InChI=1S/C10H12F3NO4/c1-17-7-4-8(15)14-6(7)2-3-9(16)18-5-10(11,12)13/h4,6H,2-3,5H2,1H3,(H,14,15). The van der Waals surface area contributed by atoms with Crippen molar-refractivity contribution in [1.29, 1.82) is 0 Å². The lowest BCUT2D eigenvalue weighted by molar-refractivity contribution is -0.186. The van der Waals surface area contributed by atoms with Gasteiger partial charge in [0.25, 0.3) is 0 Å². The van der Waals surface area contributed by atoms with Crippen molar-refractivity contribution in [3.05, 3.63) is 11.8 Å². The molecule has 0 bridgehead atoms. The maximum Gasteiger partial charge on any atom is 0.422 e. The maximum absolute atomic E-state index is 11.8. The Hall–Kier alpha value is -1.73. The number of carbonyl (C=O) groups excluding carboxylic acids is 2. The summed E-state index contributed by atoms with van der Waals surface area (Å²) in [6, 6.07) is -0.499. The molecule has 102 valence electrons. The molecule has 0 spiro atoms. The van der Waals surface area contributed by atoms with Crippen molar-refractivity contribution in [3.63, 3.8) is 0 Å². The predicted octanol–water partition coefficient (Wildman–Crippen LogP) is 0.901. The fourth-order valence-electron chi connectivity index (χ4n) is 1.43. The number of hydrogen-bond donors (Lipinski definition) is 1. The molecule has 1 N–H and O–H groups in total. The molecule has 1 atom stereocenters. The molecule has 5 nitrogen and oxygen atoms in total. The zero-order valence-electron chi connectivity index (χ0n) is 9.54. The SMILES string of the molecule is COC1=CC(=O)NC1CCC(=O)OCC(F)(F)F. The third-order valence-electron chi connectivity index (χ3n) is 2.20. The fraction of sp³-hybridized carbons (Fsp3) is 0.600. The molecule has 0 aliphatic carbocycles.